The molecule has 1 fully saturated rings. The van der Waals surface area contributed by atoms with Gasteiger partial charge in [0.2, 0.25) is 5.91 Å². The predicted molar refractivity (Wildman–Crippen MR) is 74.7 cm³/mol. The number of amides is 1. The van der Waals surface area contributed by atoms with Crippen LogP contribution in [0.25, 0.3) is 0 Å². The Hall–Kier alpha value is -1.96. The Labute approximate surface area is 122 Å². The fourth-order valence-corrected chi connectivity index (χ4v) is 2.31. The summed E-state index contributed by atoms with van der Waals surface area (Å²) in [4.78, 5) is 24.4. The largest absolute Gasteiger partial charge is 0.476 e. The molecule has 1 amide bonds. The summed E-state index contributed by atoms with van der Waals surface area (Å²) in [5.74, 6) is -0.941. The summed E-state index contributed by atoms with van der Waals surface area (Å²) < 4.78 is 1.52. The average Bonchev–Trinajstić information content (AvgIpc) is 2.86. The Morgan fingerprint density at radius 1 is 1.29 bits per heavy atom. The molecule has 116 valence electrons. The van der Waals surface area contributed by atoms with Crippen LogP contribution in [0.15, 0.2) is 6.20 Å². The van der Waals surface area contributed by atoms with E-state index in [9.17, 15) is 9.59 Å². The number of likely N-dealkylation sites (tertiary alicyclic amines) is 1. The third kappa shape index (κ3) is 4.01. The van der Waals surface area contributed by atoms with Gasteiger partial charge in [-0.2, -0.15) is 0 Å². The molecule has 0 spiro atoms. The highest BCUT2D eigenvalue weighted by molar-refractivity contribution is 5.84. The molecule has 1 aromatic rings. The maximum atomic E-state index is 11.9. The topological polar surface area (TPSA) is 114 Å². The molecule has 0 unspecified atom stereocenters. The van der Waals surface area contributed by atoms with Crippen LogP contribution in [0, 0.1) is 0 Å². The van der Waals surface area contributed by atoms with E-state index >= 15 is 0 Å². The molecule has 8 nitrogen and oxygen atoms in total. The van der Waals surface area contributed by atoms with E-state index < -0.39 is 5.97 Å². The zero-order valence-corrected chi connectivity index (χ0v) is 11.9. The van der Waals surface area contributed by atoms with E-state index in [1.165, 1.54) is 10.9 Å². The normalized spacial score (nSPS) is 15.0. The van der Waals surface area contributed by atoms with Gasteiger partial charge in [-0.25, -0.2) is 9.48 Å². The monoisotopic (exact) mass is 295 g/mol. The zero-order chi connectivity index (χ0) is 15.2. The van der Waals surface area contributed by atoms with Crippen molar-refractivity contribution in [2.24, 2.45) is 5.73 Å². The highest BCUT2D eigenvalue weighted by atomic mass is 16.4. The quantitative estimate of drug-likeness (QED) is 0.665. The van der Waals surface area contributed by atoms with Gasteiger partial charge in [-0.15, -0.1) is 5.10 Å². The lowest BCUT2D eigenvalue weighted by atomic mass is 10.1. The third-order valence-corrected chi connectivity index (χ3v) is 3.66. The van der Waals surface area contributed by atoms with Crippen molar-refractivity contribution in [3.05, 3.63) is 11.9 Å². The molecule has 21 heavy (non-hydrogen) atoms. The van der Waals surface area contributed by atoms with Crippen LogP contribution in [-0.2, 0) is 4.79 Å². The van der Waals surface area contributed by atoms with Gasteiger partial charge in [0.25, 0.3) is 0 Å². The maximum absolute atomic E-state index is 11.9. The van der Waals surface area contributed by atoms with Crippen molar-refractivity contribution in [1.29, 1.82) is 0 Å². The average molecular weight is 295 g/mol. The lowest BCUT2D eigenvalue weighted by Gasteiger charge is -2.38. The molecule has 0 atom stereocenters. The SMILES string of the molecule is NCCCCCCC(=O)N1CC(n2cc(C(=O)O)nn2)C1. The van der Waals surface area contributed by atoms with Crippen molar-refractivity contribution in [1.82, 2.24) is 19.9 Å². The van der Waals surface area contributed by atoms with Gasteiger partial charge in [0.05, 0.1) is 12.2 Å². The minimum absolute atomic E-state index is 0.0341. The molecule has 0 bridgehead atoms. The summed E-state index contributed by atoms with van der Waals surface area (Å²) in [6.07, 6.45) is 5.98. The number of aromatic nitrogens is 3. The van der Waals surface area contributed by atoms with E-state index in [1.54, 1.807) is 4.90 Å². The lowest BCUT2D eigenvalue weighted by Crippen LogP contribution is -2.50. The number of hydrogen-bond donors (Lipinski definition) is 2. The van der Waals surface area contributed by atoms with Crippen LogP contribution in [0.1, 0.15) is 48.6 Å². The highest BCUT2D eigenvalue weighted by Gasteiger charge is 2.32. The number of aromatic carboxylic acids is 1. The Morgan fingerprint density at radius 2 is 2.00 bits per heavy atom. The van der Waals surface area contributed by atoms with E-state index in [-0.39, 0.29) is 17.6 Å². The molecular formula is C13H21N5O3. The van der Waals surface area contributed by atoms with Gasteiger partial charge in [0, 0.05) is 19.5 Å². The fourth-order valence-electron chi connectivity index (χ4n) is 2.31. The highest BCUT2D eigenvalue weighted by Crippen LogP contribution is 2.21. The number of unbranched alkanes of at least 4 members (excludes halogenated alkanes) is 3. The van der Waals surface area contributed by atoms with E-state index in [4.69, 9.17) is 10.8 Å². The first kappa shape index (κ1) is 15.4. The van der Waals surface area contributed by atoms with Crippen LogP contribution >= 0.6 is 0 Å². The van der Waals surface area contributed by atoms with Crippen LogP contribution in [0.2, 0.25) is 0 Å². The lowest BCUT2D eigenvalue weighted by molar-refractivity contribution is -0.137. The molecule has 0 aliphatic carbocycles. The van der Waals surface area contributed by atoms with Gasteiger partial charge in [-0.05, 0) is 19.4 Å². The number of carbonyl (C=O) groups excluding carboxylic acids is 1. The summed E-state index contributed by atoms with van der Waals surface area (Å²) in [6.45, 7) is 1.85. The van der Waals surface area contributed by atoms with Crippen molar-refractivity contribution in [2.45, 2.75) is 38.1 Å². The van der Waals surface area contributed by atoms with Crippen LogP contribution in [0.5, 0.6) is 0 Å². The van der Waals surface area contributed by atoms with Crippen molar-refractivity contribution in [2.75, 3.05) is 19.6 Å². The predicted octanol–water partition coefficient (Wildman–Crippen LogP) is 0.269. The molecule has 2 heterocycles. The molecule has 8 heteroatoms. The molecule has 1 saturated heterocycles. The van der Waals surface area contributed by atoms with Gasteiger partial charge in [0.1, 0.15) is 0 Å². The number of carbonyl (C=O) groups is 2. The first-order valence-corrected chi connectivity index (χ1v) is 7.24. The second-order valence-corrected chi connectivity index (χ2v) is 5.29. The van der Waals surface area contributed by atoms with Crippen LogP contribution in [0.4, 0.5) is 0 Å². The Bertz CT molecular complexity index is 496. The first-order valence-electron chi connectivity index (χ1n) is 7.24. The summed E-state index contributed by atoms with van der Waals surface area (Å²) in [5, 5.41) is 16.1. The number of hydrogen-bond acceptors (Lipinski definition) is 5. The molecule has 2 rings (SSSR count). The van der Waals surface area contributed by atoms with E-state index in [2.05, 4.69) is 10.3 Å². The summed E-state index contributed by atoms with van der Waals surface area (Å²) in [6, 6.07) is 0.0341. The second kappa shape index (κ2) is 7.16. The smallest absolute Gasteiger partial charge is 0.358 e. The summed E-state index contributed by atoms with van der Waals surface area (Å²) >= 11 is 0. The Kier molecular flexibility index (Phi) is 5.26. The van der Waals surface area contributed by atoms with Gasteiger partial charge in [-0.1, -0.05) is 18.1 Å². The minimum Gasteiger partial charge on any atom is -0.476 e. The van der Waals surface area contributed by atoms with E-state index in [0.29, 0.717) is 26.1 Å². The van der Waals surface area contributed by atoms with Crippen molar-refractivity contribution < 1.29 is 14.7 Å². The summed E-state index contributed by atoms with van der Waals surface area (Å²) in [5.41, 5.74) is 5.35. The first-order chi connectivity index (χ1) is 10.1. The fraction of sp³-hybridized carbons (Fsp3) is 0.692. The number of nitrogens with two attached hydrogens (primary N) is 1. The number of nitrogens with zero attached hydrogens (tertiary/aromatic N) is 4. The molecule has 1 aromatic heterocycles. The minimum atomic E-state index is -1.09. The zero-order valence-electron chi connectivity index (χ0n) is 11.9. The van der Waals surface area contributed by atoms with Gasteiger partial charge >= 0.3 is 5.97 Å². The number of carboxylic acids is 1. The van der Waals surface area contributed by atoms with Crippen LogP contribution in [0.3, 0.4) is 0 Å². The molecule has 1 aliphatic rings. The maximum Gasteiger partial charge on any atom is 0.358 e. The standard InChI is InChI=1S/C13H21N5O3/c14-6-4-2-1-3-5-12(19)17-7-10(8-17)18-9-11(13(20)21)15-16-18/h9-10H,1-8,14H2,(H,20,21). The van der Waals surface area contributed by atoms with Crippen molar-refractivity contribution in [3.63, 3.8) is 0 Å². The van der Waals surface area contributed by atoms with Crippen LogP contribution < -0.4 is 5.73 Å². The molecular weight excluding hydrogens is 274 g/mol. The van der Waals surface area contributed by atoms with Crippen molar-refractivity contribution in [3.8, 4) is 0 Å². The molecule has 3 N–H and O–H groups in total. The second-order valence-electron chi connectivity index (χ2n) is 5.29. The van der Waals surface area contributed by atoms with Crippen LogP contribution in [-0.4, -0.2) is 56.5 Å². The van der Waals surface area contributed by atoms with Gasteiger partial charge < -0.3 is 15.7 Å². The van der Waals surface area contributed by atoms with Gasteiger partial charge in [0.15, 0.2) is 5.69 Å². The molecule has 1 aliphatic heterocycles. The number of rotatable bonds is 8. The van der Waals surface area contributed by atoms with E-state index in [0.717, 1.165) is 25.7 Å². The summed E-state index contributed by atoms with van der Waals surface area (Å²) in [7, 11) is 0. The number of carboxylic acid groups (broad SMARTS) is 1. The third-order valence-electron chi connectivity index (χ3n) is 3.66. The Balaban J connectivity index is 1.68. The molecule has 0 aromatic carbocycles. The van der Waals surface area contributed by atoms with E-state index in [1.807, 2.05) is 0 Å². The van der Waals surface area contributed by atoms with Crippen molar-refractivity contribution >= 4 is 11.9 Å². The molecule has 0 saturated carbocycles. The van der Waals surface area contributed by atoms with Gasteiger partial charge in [-0.3, -0.25) is 4.79 Å². The Morgan fingerprint density at radius 3 is 2.62 bits per heavy atom. The molecule has 0 radical (unpaired) electrons.